The molecule has 2 saturated heterocycles. The van der Waals surface area contributed by atoms with Gasteiger partial charge in [0.2, 0.25) is 0 Å². The van der Waals surface area contributed by atoms with Gasteiger partial charge in [0.05, 0.1) is 29.9 Å². The second kappa shape index (κ2) is 10.6. The first kappa shape index (κ1) is 23.8. The Morgan fingerprint density at radius 1 is 1.28 bits per heavy atom. The number of nitrogens with zero attached hydrogens (tertiary/aromatic N) is 3. The lowest BCUT2D eigenvalue weighted by Crippen LogP contribution is -2.46. The molecule has 1 unspecified atom stereocenters. The second-order valence-corrected chi connectivity index (χ2v) is 8.71. The van der Waals surface area contributed by atoms with Crippen LogP contribution in [0.25, 0.3) is 0 Å². The number of amides is 1. The Balaban J connectivity index is 0.000000427. The van der Waals surface area contributed by atoms with Gasteiger partial charge in [-0.15, -0.1) is 11.3 Å². The lowest BCUT2D eigenvalue weighted by atomic mass is 9.88. The first-order chi connectivity index (χ1) is 15.3. The molecule has 0 aromatic carbocycles. The predicted molar refractivity (Wildman–Crippen MR) is 113 cm³/mol. The number of likely N-dealkylation sites (tertiary alicyclic amines) is 1. The normalized spacial score (nSPS) is 19.3. The first-order valence-electron chi connectivity index (χ1n) is 10.1. The molecule has 1 spiro atoms. The average Bonchev–Trinajstić information content (AvgIpc) is 3.40. The van der Waals surface area contributed by atoms with E-state index in [-0.39, 0.29) is 17.6 Å². The van der Waals surface area contributed by atoms with E-state index in [0.29, 0.717) is 32.0 Å². The highest BCUT2D eigenvalue weighted by molar-refractivity contribution is 7.09. The van der Waals surface area contributed by atoms with Crippen LogP contribution < -0.4 is 0 Å². The Labute approximate surface area is 188 Å². The zero-order chi connectivity index (χ0) is 23.1. The molecular formula is C21H25N3O7S. The maximum absolute atomic E-state index is 12.5. The van der Waals surface area contributed by atoms with Crippen molar-refractivity contribution in [2.24, 2.45) is 0 Å². The van der Waals surface area contributed by atoms with Gasteiger partial charge in [-0.2, -0.15) is 0 Å². The van der Waals surface area contributed by atoms with Crippen molar-refractivity contribution in [1.82, 2.24) is 14.9 Å². The number of rotatable bonds is 4. The van der Waals surface area contributed by atoms with Gasteiger partial charge in [-0.1, -0.05) is 6.07 Å². The standard InChI is InChI=1S/C19H23N3O3S.C2H2O4/c1-14-21-17(13-26-14)18(23)22-7-4-19(5-8-22)9-16(12-25-19)24-11-15-3-2-6-20-10-15;3-1(4)2(5)6/h2-3,6,10,13,16H,4-5,7-9,11-12H2,1H3;(H,3,4)(H,5,6). The molecule has 2 aromatic rings. The van der Waals surface area contributed by atoms with E-state index >= 15 is 0 Å². The highest BCUT2D eigenvalue weighted by atomic mass is 32.1. The summed E-state index contributed by atoms with van der Waals surface area (Å²) >= 11 is 1.52. The third kappa shape index (κ3) is 6.31. The molecule has 0 aliphatic carbocycles. The van der Waals surface area contributed by atoms with Crippen LogP contribution in [0.3, 0.4) is 0 Å². The summed E-state index contributed by atoms with van der Waals surface area (Å²) in [5, 5.41) is 17.6. The molecule has 2 aromatic heterocycles. The fourth-order valence-electron chi connectivity index (χ4n) is 3.70. The van der Waals surface area contributed by atoms with Crippen molar-refractivity contribution in [2.45, 2.75) is 44.5 Å². The van der Waals surface area contributed by atoms with Gasteiger partial charge < -0.3 is 24.6 Å². The Morgan fingerprint density at radius 3 is 2.56 bits per heavy atom. The van der Waals surface area contributed by atoms with E-state index in [4.69, 9.17) is 29.3 Å². The highest BCUT2D eigenvalue weighted by Crippen LogP contribution is 2.37. The van der Waals surface area contributed by atoms with Crippen molar-refractivity contribution in [2.75, 3.05) is 19.7 Å². The van der Waals surface area contributed by atoms with Gasteiger partial charge >= 0.3 is 11.9 Å². The van der Waals surface area contributed by atoms with Gasteiger partial charge in [0.15, 0.2) is 0 Å². The van der Waals surface area contributed by atoms with Crippen LogP contribution >= 0.6 is 11.3 Å². The number of aryl methyl sites for hydroxylation is 1. The van der Waals surface area contributed by atoms with E-state index in [9.17, 15) is 4.79 Å². The third-order valence-electron chi connectivity index (χ3n) is 5.37. The van der Waals surface area contributed by atoms with Gasteiger partial charge in [0.1, 0.15) is 5.69 Å². The largest absolute Gasteiger partial charge is 0.473 e. The monoisotopic (exact) mass is 463 g/mol. The molecule has 2 fully saturated rings. The van der Waals surface area contributed by atoms with Crippen LogP contribution in [0.4, 0.5) is 0 Å². The lowest BCUT2D eigenvalue weighted by molar-refractivity contribution is -0.159. The third-order valence-corrected chi connectivity index (χ3v) is 6.14. The van der Waals surface area contributed by atoms with Crippen LogP contribution in [0, 0.1) is 6.92 Å². The van der Waals surface area contributed by atoms with E-state index < -0.39 is 11.9 Å². The number of hydrogen-bond acceptors (Lipinski definition) is 8. The number of carboxylic acid groups (broad SMARTS) is 2. The van der Waals surface area contributed by atoms with Crippen molar-refractivity contribution in [1.29, 1.82) is 0 Å². The summed E-state index contributed by atoms with van der Waals surface area (Å²) in [5.41, 5.74) is 1.50. The number of thiazole rings is 1. The number of hydrogen-bond donors (Lipinski definition) is 2. The number of ether oxygens (including phenoxy) is 2. The summed E-state index contributed by atoms with van der Waals surface area (Å²) in [6.07, 6.45) is 6.31. The van der Waals surface area contributed by atoms with E-state index in [1.165, 1.54) is 11.3 Å². The molecule has 172 valence electrons. The number of carbonyl (C=O) groups excluding carboxylic acids is 1. The second-order valence-electron chi connectivity index (χ2n) is 7.65. The number of carboxylic acids is 2. The van der Waals surface area contributed by atoms with Crippen LogP contribution in [0.15, 0.2) is 29.9 Å². The number of carbonyl (C=O) groups is 3. The zero-order valence-corrected chi connectivity index (χ0v) is 18.4. The van der Waals surface area contributed by atoms with Crippen LogP contribution in [0.5, 0.6) is 0 Å². The predicted octanol–water partition coefficient (Wildman–Crippen LogP) is 1.98. The van der Waals surface area contributed by atoms with Gasteiger partial charge in [0, 0.05) is 37.3 Å². The van der Waals surface area contributed by atoms with Crippen LogP contribution in [0.1, 0.15) is 40.3 Å². The van der Waals surface area contributed by atoms with Gasteiger partial charge in [0.25, 0.3) is 5.91 Å². The van der Waals surface area contributed by atoms with E-state index in [2.05, 4.69) is 9.97 Å². The molecule has 2 N–H and O–H groups in total. The van der Waals surface area contributed by atoms with Crippen molar-refractivity contribution >= 4 is 29.2 Å². The van der Waals surface area contributed by atoms with Gasteiger partial charge in [-0.25, -0.2) is 14.6 Å². The summed E-state index contributed by atoms with van der Waals surface area (Å²) in [5.74, 6) is -3.61. The number of piperidine rings is 1. The topological polar surface area (TPSA) is 139 Å². The summed E-state index contributed by atoms with van der Waals surface area (Å²) in [4.78, 5) is 41.1. The van der Waals surface area contributed by atoms with E-state index in [1.807, 2.05) is 35.5 Å². The molecular weight excluding hydrogens is 438 g/mol. The van der Waals surface area contributed by atoms with E-state index in [1.54, 1.807) is 6.20 Å². The summed E-state index contributed by atoms with van der Waals surface area (Å²) < 4.78 is 12.1. The van der Waals surface area contributed by atoms with Crippen molar-refractivity contribution in [3.8, 4) is 0 Å². The lowest BCUT2D eigenvalue weighted by Gasteiger charge is -2.38. The Hall–Kier alpha value is -2.89. The maximum atomic E-state index is 12.5. The molecule has 4 heterocycles. The van der Waals surface area contributed by atoms with E-state index in [0.717, 1.165) is 29.8 Å². The van der Waals surface area contributed by atoms with Crippen molar-refractivity contribution < 1.29 is 34.1 Å². The molecule has 0 radical (unpaired) electrons. The Kier molecular flexibility index (Phi) is 7.89. The maximum Gasteiger partial charge on any atom is 0.414 e. The molecule has 0 bridgehead atoms. The number of pyridine rings is 1. The fraction of sp³-hybridized carbons (Fsp3) is 0.476. The summed E-state index contributed by atoms with van der Waals surface area (Å²) in [7, 11) is 0. The molecule has 0 saturated carbocycles. The fourth-order valence-corrected chi connectivity index (χ4v) is 4.28. The average molecular weight is 464 g/mol. The minimum Gasteiger partial charge on any atom is -0.473 e. The smallest absolute Gasteiger partial charge is 0.414 e. The molecule has 1 amide bonds. The quantitative estimate of drug-likeness (QED) is 0.652. The zero-order valence-electron chi connectivity index (χ0n) is 17.6. The van der Waals surface area contributed by atoms with Crippen molar-refractivity contribution in [3.63, 3.8) is 0 Å². The molecule has 2 aliphatic rings. The molecule has 2 aliphatic heterocycles. The highest BCUT2D eigenvalue weighted by Gasteiger charge is 2.44. The number of aliphatic carboxylic acids is 2. The van der Waals surface area contributed by atoms with Crippen LogP contribution in [0.2, 0.25) is 0 Å². The summed E-state index contributed by atoms with van der Waals surface area (Å²) in [6.45, 7) is 4.53. The molecule has 11 heteroatoms. The number of aromatic nitrogens is 2. The Morgan fingerprint density at radius 2 is 2.00 bits per heavy atom. The van der Waals surface area contributed by atoms with Crippen LogP contribution in [-0.2, 0) is 25.7 Å². The Bertz CT molecular complexity index is 930. The SMILES string of the molecule is Cc1nc(C(=O)N2CCC3(CC2)CC(OCc2cccnc2)CO3)cs1.O=C(O)C(=O)O. The molecule has 10 nitrogen and oxygen atoms in total. The van der Waals surface area contributed by atoms with Crippen molar-refractivity contribution in [3.05, 3.63) is 46.2 Å². The van der Waals surface area contributed by atoms with Gasteiger partial charge in [-0.3, -0.25) is 9.78 Å². The first-order valence-corrected chi connectivity index (χ1v) is 11.0. The minimum atomic E-state index is -1.82. The van der Waals surface area contributed by atoms with Crippen LogP contribution in [-0.4, -0.2) is 74.3 Å². The van der Waals surface area contributed by atoms with Gasteiger partial charge in [-0.05, 0) is 31.4 Å². The molecule has 32 heavy (non-hydrogen) atoms. The minimum absolute atomic E-state index is 0.0339. The molecule has 4 rings (SSSR count). The molecule has 1 atom stereocenters. The summed E-state index contributed by atoms with van der Waals surface area (Å²) in [6, 6.07) is 3.94.